The summed E-state index contributed by atoms with van der Waals surface area (Å²) in [5.74, 6) is 0.818. The summed E-state index contributed by atoms with van der Waals surface area (Å²) in [6.07, 6.45) is 2.90. The molecule has 0 saturated carbocycles. The highest BCUT2D eigenvalue weighted by molar-refractivity contribution is 5.90. The molecule has 5 heteroatoms. The lowest BCUT2D eigenvalue weighted by molar-refractivity contribution is 0.115. The van der Waals surface area contributed by atoms with Gasteiger partial charge in [0.2, 0.25) is 0 Å². The van der Waals surface area contributed by atoms with Gasteiger partial charge in [-0.15, -0.1) is 0 Å². The molecule has 132 valence electrons. The summed E-state index contributed by atoms with van der Waals surface area (Å²) < 4.78 is 5.40. The van der Waals surface area contributed by atoms with Gasteiger partial charge in [0.1, 0.15) is 5.75 Å². The molecule has 1 heterocycles. The standard InChI is InChI=1S/C20H24N2O3/c1-25-19-8-3-2-7-18(19)15-9-11-16(12-10-15)21-20(24)22-13-5-4-6-17(22)14-23/h2-3,7-12,17,23H,4-6,13-14H2,1H3,(H,21,24). The third-order valence-electron chi connectivity index (χ3n) is 4.65. The number of likely N-dealkylation sites (tertiary alicyclic amines) is 1. The number of ether oxygens (including phenoxy) is 1. The molecule has 2 N–H and O–H groups in total. The van der Waals surface area contributed by atoms with E-state index in [1.807, 2.05) is 48.5 Å². The molecule has 1 saturated heterocycles. The predicted octanol–water partition coefficient (Wildman–Crippen LogP) is 3.74. The van der Waals surface area contributed by atoms with Gasteiger partial charge in [0.25, 0.3) is 0 Å². The fourth-order valence-electron chi connectivity index (χ4n) is 3.27. The van der Waals surface area contributed by atoms with Crippen molar-refractivity contribution in [2.24, 2.45) is 0 Å². The van der Waals surface area contributed by atoms with Gasteiger partial charge in [-0.05, 0) is 43.0 Å². The number of piperidine rings is 1. The number of nitrogens with one attached hydrogen (secondary N) is 1. The van der Waals surface area contributed by atoms with Crippen LogP contribution in [-0.2, 0) is 0 Å². The second kappa shape index (κ2) is 8.03. The molecule has 3 rings (SSSR count). The van der Waals surface area contributed by atoms with Crippen molar-refractivity contribution in [1.29, 1.82) is 0 Å². The molecule has 2 aromatic carbocycles. The van der Waals surface area contributed by atoms with Gasteiger partial charge < -0.3 is 20.1 Å². The largest absolute Gasteiger partial charge is 0.496 e. The number of aliphatic hydroxyl groups is 1. The number of nitrogens with zero attached hydrogens (tertiary/aromatic N) is 1. The Labute approximate surface area is 148 Å². The molecule has 0 radical (unpaired) electrons. The van der Waals surface area contributed by atoms with E-state index in [1.165, 1.54) is 0 Å². The zero-order valence-electron chi connectivity index (χ0n) is 14.4. The molecule has 1 aliphatic rings. The minimum Gasteiger partial charge on any atom is -0.496 e. The average Bonchev–Trinajstić information content (AvgIpc) is 2.68. The Morgan fingerprint density at radius 2 is 1.96 bits per heavy atom. The number of anilines is 1. The average molecular weight is 340 g/mol. The van der Waals surface area contributed by atoms with Crippen LogP contribution in [0.3, 0.4) is 0 Å². The Morgan fingerprint density at radius 3 is 2.68 bits per heavy atom. The molecule has 1 atom stereocenters. The van der Waals surface area contributed by atoms with Crippen LogP contribution in [0.25, 0.3) is 11.1 Å². The maximum Gasteiger partial charge on any atom is 0.322 e. The number of carbonyl (C=O) groups excluding carboxylic acids is 1. The first-order chi connectivity index (χ1) is 12.2. The van der Waals surface area contributed by atoms with Crippen LogP contribution in [0.15, 0.2) is 48.5 Å². The third-order valence-corrected chi connectivity index (χ3v) is 4.65. The van der Waals surface area contributed by atoms with E-state index >= 15 is 0 Å². The van der Waals surface area contributed by atoms with Gasteiger partial charge in [0.15, 0.2) is 0 Å². The minimum atomic E-state index is -0.149. The van der Waals surface area contributed by atoms with Crippen LogP contribution in [0.1, 0.15) is 19.3 Å². The van der Waals surface area contributed by atoms with E-state index in [2.05, 4.69) is 5.32 Å². The van der Waals surface area contributed by atoms with Gasteiger partial charge in [0.05, 0.1) is 19.8 Å². The molecule has 0 aliphatic carbocycles. The van der Waals surface area contributed by atoms with E-state index in [0.29, 0.717) is 6.54 Å². The smallest absolute Gasteiger partial charge is 0.322 e. The molecular formula is C20H24N2O3. The van der Waals surface area contributed by atoms with Gasteiger partial charge in [-0.3, -0.25) is 0 Å². The van der Waals surface area contributed by atoms with Crippen LogP contribution in [0, 0.1) is 0 Å². The molecule has 0 bridgehead atoms. The van der Waals surface area contributed by atoms with Crippen molar-refractivity contribution >= 4 is 11.7 Å². The highest BCUT2D eigenvalue weighted by Crippen LogP contribution is 2.30. The van der Waals surface area contributed by atoms with Crippen molar-refractivity contribution in [2.75, 3.05) is 25.6 Å². The van der Waals surface area contributed by atoms with E-state index < -0.39 is 0 Å². The van der Waals surface area contributed by atoms with Crippen molar-refractivity contribution in [3.8, 4) is 16.9 Å². The quantitative estimate of drug-likeness (QED) is 0.891. The van der Waals surface area contributed by atoms with Crippen molar-refractivity contribution in [1.82, 2.24) is 4.90 Å². The number of benzene rings is 2. The van der Waals surface area contributed by atoms with E-state index in [4.69, 9.17) is 4.74 Å². The fourth-order valence-corrected chi connectivity index (χ4v) is 3.27. The van der Waals surface area contributed by atoms with Gasteiger partial charge in [0, 0.05) is 17.8 Å². The van der Waals surface area contributed by atoms with Crippen molar-refractivity contribution in [3.05, 3.63) is 48.5 Å². The lowest BCUT2D eigenvalue weighted by Gasteiger charge is -2.34. The van der Waals surface area contributed by atoms with Gasteiger partial charge >= 0.3 is 6.03 Å². The van der Waals surface area contributed by atoms with Crippen LogP contribution in [0.2, 0.25) is 0 Å². The number of rotatable bonds is 4. The van der Waals surface area contributed by atoms with E-state index in [9.17, 15) is 9.90 Å². The van der Waals surface area contributed by atoms with Crippen LogP contribution in [0.5, 0.6) is 5.75 Å². The maximum absolute atomic E-state index is 12.5. The van der Waals surface area contributed by atoms with Crippen LogP contribution >= 0.6 is 0 Å². The Morgan fingerprint density at radius 1 is 1.20 bits per heavy atom. The zero-order valence-corrected chi connectivity index (χ0v) is 14.4. The highest BCUT2D eigenvalue weighted by Gasteiger charge is 2.25. The third kappa shape index (κ3) is 3.94. The second-order valence-corrected chi connectivity index (χ2v) is 6.23. The molecule has 1 fully saturated rings. The molecule has 1 aliphatic heterocycles. The topological polar surface area (TPSA) is 61.8 Å². The van der Waals surface area contributed by atoms with Crippen molar-refractivity contribution in [3.63, 3.8) is 0 Å². The van der Waals surface area contributed by atoms with Crippen molar-refractivity contribution in [2.45, 2.75) is 25.3 Å². The maximum atomic E-state index is 12.5. The Bertz CT molecular complexity index is 715. The number of para-hydroxylation sites is 1. The molecule has 5 nitrogen and oxygen atoms in total. The number of carbonyl (C=O) groups is 1. The molecular weight excluding hydrogens is 316 g/mol. The van der Waals surface area contributed by atoms with Crippen molar-refractivity contribution < 1.29 is 14.6 Å². The summed E-state index contributed by atoms with van der Waals surface area (Å²) in [4.78, 5) is 14.2. The summed E-state index contributed by atoms with van der Waals surface area (Å²) in [5.41, 5.74) is 2.78. The van der Waals surface area contributed by atoms with E-state index in [0.717, 1.165) is 41.8 Å². The first kappa shape index (κ1) is 17.3. The lowest BCUT2D eigenvalue weighted by Crippen LogP contribution is -2.47. The number of aliphatic hydroxyl groups excluding tert-OH is 1. The lowest BCUT2D eigenvalue weighted by atomic mass is 10.0. The number of hydrogen-bond acceptors (Lipinski definition) is 3. The van der Waals surface area contributed by atoms with Crippen LogP contribution in [0.4, 0.5) is 10.5 Å². The summed E-state index contributed by atoms with van der Waals surface area (Å²) in [6, 6.07) is 15.3. The second-order valence-electron chi connectivity index (χ2n) is 6.23. The Hall–Kier alpha value is -2.53. The summed E-state index contributed by atoms with van der Waals surface area (Å²) >= 11 is 0. The SMILES string of the molecule is COc1ccccc1-c1ccc(NC(=O)N2CCCCC2CO)cc1. The first-order valence-corrected chi connectivity index (χ1v) is 8.65. The molecule has 25 heavy (non-hydrogen) atoms. The molecule has 2 aromatic rings. The molecule has 0 spiro atoms. The van der Waals surface area contributed by atoms with Gasteiger partial charge in [-0.25, -0.2) is 4.79 Å². The minimum absolute atomic E-state index is 0.0140. The van der Waals surface area contributed by atoms with Gasteiger partial charge in [-0.1, -0.05) is 30.3 Å². The molecule has 1 unspecified atom stereocenters. The fraction of sp³-hybridized carbons (Fsp3) is 0.350. The molecule has 2 amide bonds. The monoisotopic (exact) mass is 340 g/mol. The summed E-state index contributed by atoms with van der Waals surface area (Å²) in [6.45, 7) is 0.705. The summed E-state index contributed by atoms with van der Waals surface area (Å²) in [7, 11) is 1.66. The zero-order chi connectivity index (χ0) is 17.6. The highest BCUT2D eigenvalue weighted by atomic mass is 16.5. The number of hydrogen-bond donors (Lipinski definition) is 2. The number of amides is 2. The molecule has 0 aromatic heterocycles. The summed E-state index contributed by atoms with van der Waals surface area (Å²) in [5, 5.41) is 12.4. The van der Waals surface area contributed by atoms with Crippen LogP contribution in [-0.4, -0.2) is 42.3 Å². The van der Waals surface area contributed by atoms with Crippen LogP contribution < -0.4 is 10.1 Å². The number of methoxy groups -OCH3 is 1. The van der Waals surface area contributed by atoms with E-state index in [-0.39, 0.29) is 18.7 Å². The van der Waals surface area contributed by atoms with E-state index in [1.54, 1.807) is 12.0 Å². The Balaban J connectivity index is 1.71. The number of urea groups is 1. The first-order valence-electron chi connectivity index (χ1n) is 8.65. The predicted molar refractivity (Wildman–Crippen MR) is 98.9 cm³/mol. The van der Waals surface area contributed by atoms with Gasteiger partial charge in [-0.2, -0.15) is 0 Å². The normalized spacial score (nSPS) is 17.2. The Kier molecular flexibility index (Phi) is 5.56.